The molecule has 1 heterocycles. The SMILES string of the molecule is [2H]N1C(=O)C([2H])([2H])OC([2H])([2H])C1=O. The lowest BCUT2D eigenvalue weighted by atomic mass is 10.5. The molecule has 1 N–H and O–H groups in total. The van der Waals surface area contributed by atoms with Crippen LogP contribution in [0.25, 0.3) is 0 Å². The van der Waals surface area contributed by atoms with E-state index >= 15 is 0 Å². The maximum absolute atomic E-state index is 10.8. The molecule has 4 nitrogen and oxygen atoms in total. The van der Waals surface area contributed by atoms with Gasteiger partial charge in [-0.15, -0.1) is 0 Å². The number of rotatable bonds is 0. The Morgan fingerprint density at radius 2 is 2.12 bits per heavy atom. The number of nitrogens with one attached hydrogen (secondary N) is 1. The molecule has 0 spiro atoms. The smallest absolute Gasteiger partial charge is 0.252 e. The van der Waals surface area contributed by atoms with Crippen molar-refractivity contribution in [3.05, 3.63) is 0 Å². The monoisotopic (exact) mass is 120 g/mol. The molecular weight excluding hydrogens is 110 g/mol. The maximum Gasteiger partial charge on any atom is 0.252 e. The van der Waals surface area contributed by atoms with Crippen LogP contribution in [0.2, 0.25) is 1.41 Å². The van der Waals surface area contributed by atoms with E-state index in [1.807, 2.05) is 0 Å². The highest BCUT2D eigenvalue weighted by atomic mass is 16.5. The maximum atomic E-state index is 10.8. The van der Waals surface area contributed by atoms with Crippen LogP contribution in [0.3, 0.4) is 0 Å². The van der Waals surface area contributed by atoms with Crippen LogP contribution in [-0.2, 0) is 14.3 Å². The second kappa shape index (κ2) is 1.92. The number of morpholine rings is 1. The first kappa shape index (κ1) is 1.80. The van der Waals surface area contributed by atoms with Crippen molar-refractivity contribution in [3.63, 3.8) is 0 Å². The Morgan fingerprint density at radius 1 is 1.62 bits per heavy atom. The quantitative estimate of drug-likeness (QED) is 0.402. The van der Waals surface area contributed by atoms with Crippen molar-refractivity contribution in [3.8, 4) is 0 Å². The van der Waals surface area contributed by atoms with Crippen molar-refractivity contribution in [1.82, 2.24) is 5.31 Å². The van der Waals surface area contributed by atoms with Gasteiger partial charge in [0.25, 0.3) is 11.8 Å². The average Bonchev–Trinajstić information content (AvgIpc) is 1.96. The minimum Gasteiger partial charge on any atom is -0.362 e. The second-order valence-corrected chi connectivity index (χ2v) is 1.03. The van der Waals surface area contributed by atoms with E-state index in [1.54, 1.807) is 0 Å². The Balaban J connectivity index is 3.07. The fraction of sp³-hybridized carbons (Fsp3) is 0.500. The highest BCUT2D eigenvalue weighted by Gasteiger charge is 2.13. The number of ether oxygens (including phenoxy) is 1. The summed E-state index contributed by atoms with van der Waals surface area (Å²) in [7, 11) is 0. The van der Waals surface area contributed by atoms with E-state index in [2.05, 4.69) is 4.74 Å². The summed E-state index contributed by atoms with van der Waals surface area (Å²) in [4.78, 5) is 21.6. The summed E-state index contributed by atoms with van der Waals surface area (Å²) in [5, 5.41) is -0.372. The zero-order chi connectivity index (χ0) is 10.4. The van der Waals surface area contributed by atoms with Gasteiger partial charge in [-0.05, 0) is 0 Å². The molecule has 4 heteroatoms. The van der Waals surface area contributed by atoms with E-state index in [-0.39, 0.29) is 5.31 Å². The number of carbonyl (C=O) groups excluding carboxylic acids is 2. The van der Waals surface area contributed by atoms with Gasteiger partial charge in [-0.3, -0.25) is 14.9 Å². The van der Waals surface area contributed by atoms with Gasteiger partial charge in [0, 0.05) is 0 Å². The van der Waals surface area contributed by atoms with E-state index in [0.29, 0.717) is 0 Å². The number of hydrogen-bond acceptors (Lipinski definition) is 3. The van der Waals surface area contributed by atoms with Gasteiger partial charge in [0.05, 0.1) is 5.48 Å². The molecular formula is C4H5NO3. The lowest BCUT2D eigenvalue weighted by Crippen LogP contribution is -2.41. The Kier molecular flexibility index (Phi) is 0.432. The first-order chi connectivity index (χ1) is 5.68. The van der Waals surface area contributed by atoms with Gasteiger partial charge in [-0.25, -0.2) is 0 Å². The van der Waals surface area contributed by atoms with Crippen molar-refractivity contribution in [2.24, 2.45) is 0 Å². The van der Waals surface area contributed by atoms with Crippen LogP contribution >= 0.6 is 0 Å². The highest BCUT2D eigenvalue weighted by Crippen LogP contribution is 1.82. The molecule has 44 valence electrons. The second-order valence-electron chi connectivity index (χ2n) is 1.03. The van der Waals surface area contributed by atoms with Gasteiger partial charge in [0.2, 0.25) is 0 Å². The third-order valence-electron chi connectivity index (χ3n) is 0.480. The van der Waals surface area contributed by atoms with Crippen molar-refractivity contribution in [1.29, 1.82) is 0 Å². The molecule has 0 aromatic rings. The van der Waals surface area contributed by atoms with Gasteiger partial charge >= 0.3 is 0 Å². The Bertz CT molecular complexity index is 251. The summed E-state index contributed by atoms with van der Waals surface area (Å²) in [6, 6.07) is 0. The van der Waals surface area contributed by atoms with Gasteiger partial charge in [-0.2, -0.15) is 0 Å². The molecule has 1 aliphatic rings. The lowest BCUT2D eigenvalue weighted by Gasteiger charge is -2.09. The minimum atomic E-state index is -2.97. The molecule has 1 aliphatic heterocycles. The topological polar surface area (TPSA) is 55.4 Å². The van der Waals surface area contributed by atoms with Crippen molar-refractivity contribution in [2.75, 3.05) is 13.1 Å². The molecule has 0 unspecified atom stereocenters. The van der Waals surface area contributed by atoms with Crippen molar-refractivity contribution in [2.45, 2.75) is 0 Å². The number of imide groups is 1. The van der Waals surface area contributed by atoms with Gasteiger partial charge in [0.1, 0.15) is 13.1 Å². The van der Waals surface area contributed by atoms with Gasteiger partial charge < -0.3 is 4.74 Å². The summed E-state index contributed by atoms with van der Waals surface area (Å²) in [6.07, 6.45) is 0. The van der Waals surface area contributed by atoms with Crippen LogP contribution in [0.4, 0.5) is 0 Å². The molecule has 1 fully saturated rings. The Labute approximate surface area is 52.9 Å². The first-order valence-electron chi connectivity index (χ1n) is 4.21. The Hall–Kier alpha value is -0.900. The van der Waals surface area contributed by atoms with E-state index in [1.165, 1.54) is 0 Å². The third kappa shape index (κ3) is 1.04. The largest absolute Gasteiger partial charge is 0.362 e. The molecule has 0 aliphatic carbocycles. The van der Waals surface area contributed by atoms with E-state index < -0.39 is 24.9 Å². The molecule has 1 saturated heterocycles. The average molecular weight is 120 g/mol. The molecule has 0 aromatic heterocycles. The summed E-state index contributed by atoms with van der Waals surface area (Å²) >= 11 is 0. The predicted molar refractivity (Wildman–Crippen MR) is 24.0 cm³/mol. The van der Waals surface area contributed by atoms with Crippen molar-refractivity contribution >= 4 is 11.8 Å². The lowest BCUT2D eigenvalue weighted by molar-refractivity contribution is -0.142. The van der Waals surface area contributed by atoms with Crippen LogP contribution in [-0.4, -0.2) is 24.9 Å². The van der Waals surface area contributed by atoms with Crippen LogP contribution in [0.5, 0.6) is 0 Å². The molecule has 0 aromatic carbocycles. The van der Waals surface area contributed by atoms with Gasteiger partial charge in [-0.1, -0.05) is 0 Å². The summed E-state index contributed by atoms with van der Waals surface area (Å²) in [5.74, 6) is -3.07. The molecule has 0 bridgehead atoms. The zero-order valence-corrected chi connectivity index (χ0v) is 3.67. The summed E-state index contributed by atoms with van der Waals surface area (Å²) < 4.78 is 38.1. The van der Waals surface area contributed by atoms with Crippen LogP contribution in [0.15, 0.2) is 0 Å². The van der Waals surface area contributed by atoms with Gasteiger partial charge in [0.15, 0.2) is 1.41 Å². The van der Waals surface area contributed by atoms with Crippen LogP contribution in [0.1, 0.15) is 5.48 Å². The molecule has 2 amide bonds. The van der Waals surface area contributed by atoms with E-state index in [9.17, 15) is 9.59 Å². The van der Waals surface area contributed by atoms with E-state index in [4.69, 9.17) is 6.89 Å². The number of amides is 2. The normalized spacial score (nSPS) is 43.5. The van der Waals surface area contributed by atoms with Crippen LogP contribution < -0.4 is 5.31 Å². The highest BCUT2D eigenvalue weighted by molar-refractivity contribution is 5.98. The minimum absolute atomic E-state index is 0.372. The molecule has 8 heavy (non-hydrogen) atoms. The van der Waals surface area contributed by atoms with Crippen molar-refractivity contribution < 1.29 is 21.2 Å². The van der Waals surface area contributed by atoms with E-state index in [0.717, 1.165) is 0 Å². The predicted octanol–water partition coefficient (Wildman–Crippen LogP) is -1.34. The number of hydrogen-bond donors (Lipinski definition) is 1. The number of carbonyl (C=O) groups is 2. The fourth-order valence-electron chi connectivity index (χ4n) is 0.251. The fourth-order valence-corrected chi connectivity index (χ4v) is 0.251. The summed E-state index contributed by atoms with van der Waals surface area (Å²) in [5.41, 5.74) is 0. The molecule has 0 radical (unpaired) electrons. The Morgan fingerprint density at radius 3 is 2.62 bits per heavy atom. The molecule has 1 rings (SSSR count). The molecule has 0 atom stereocenters. The third-order valence-corrected chi connectivity index (χ3v) is 0.480. The summed E-state index contributed by atoms with van der Waals surface area (Å²) in [6.45, 7) is -5.95. The van der Waals surface area contributed by atoms with Crippen LogP contribution in [0, 0.1) is 0 Å². The molecule has 0 saturated carbocycles. The first-order valence-corrected chi connectivity index (χ1v) is 1.76. The standard InChI is InChI=1S/C4H5NO3/c6-3-1-8-2-4(7)5-3/h1-2H2,(H,5,6,7)/i1D2,2D2/hD. The zero-order valence-electron chi connectivity index (χ0n) is 8.67.